The number of nitrogens with two attached hydrogens (primary N) is 1. The summed E-state index contributed by atoms with van der Waals surface area (Å²) in [6, 6.07) is 0. The van der Waals surface area contributed by atoms with Gasteiger partial charge in [0.25, 0.3) is 0 Å². The maximum absolute atomic E-state index is 12.2. The zero-order valence-electron chi connectivity index (χ0n) is 5.62. The lowest BCUT2D eigenvalue weighted by molar-refractivity contribution is 0.195. The predicted molar refractivity (Wildman–Crippen MR) is 36.2 cm³/mol. The Bertz CT molecular complexity index is 152. The fourth-order valence-electron chi connectivity index (χ4n) is 1.20. The van der Waals surface area contributed by atoms with E-state index in [1.165, 1.54) is 0 Å². The fraction of sp³-hybridized carbons (Fsp3) is 1.00. The van der Waals surface area contributed by atoms with Gasteiger partial charge in [-0.25, -0.2) is 10.1 Å². The molecule has 0 heterocycles. The van der Waals surface area contributed by atoms with E-state index in [0.717, 1.165) is 25.7 Å². The van der Waals surface area contributed by atoms with Crippen molar-refractivity contribution in [3.05, 3.63) is 0 Å². The van der Waals surface area contributed by atoms with E-state index in [1.54, 1.807) is 0 Å². The highest BCUT2D eigenvalue weighted by Crippen LogP contribution is 2.43. The number of hydrogen-bond donors (Lipinski definition) is 1. The SMILES string of the molecule is NP(=O)(F)OC1CCCC1. The molecule has 0 spiro atoms. The maximum Gasteiger partial charge on any atom is 0.440 e. The molecule has 1 atom stereocenters. The van der Waals surface area contributed by atoms with Gasteiger partial charge in [-0.15, -0.1) is 4.20 Å². The molecule has 0 aromatic carbocycles. The summed E-state index contributed by atoms with van der Waals surface area (Å²) in [5, 5.41) is 0. The molecule has 1 saturated carbocycles. The third-order valence-corrected chi connectivity index (χ3v) is 2.18. The van der Waals surface area contributed by atoms with Crippen molar-refractivity contribution in [1.29, 1.82) is 0 Å². The highest BCUT2D eigenvalue weighted by molar-refractivity contribution is 7.50. The minimum absolute atomic E-state index is 0.208. The van der Waals surface area contributed by atoms with Crippen LogP contribution in [-0.2, 0) is 9.09 Å². The summed E-state index contributed by atoms with van der Waals surface area (Å²) < 4.78 is 26.9. The molecule has 0 amide bonds. The third-order valence-electron chi connectivity index (χ3n) is 1.60. The van der Waals surface area contributed by atoms with Crippen molar-refractivity contribution < 1.29 is 13.3 Å². The second-order valence-electron chi connectivity index (χ2n) is 2.53. The smallest absolute Gasteiger partial charge is 0.290 e. The van der Waals surface area contributed by atoms with Crippen LogP contribution in [0.25, 0.3) is 0 Å². The Morgan fingerprint density at radius 1 is 1.50 bits per heavy atom. The molecule has 1 fully saturated rings. The first-order valence-electron chi connectivity index (χ1n) is 3.34. The standard InChI is InChI=1S/C5H11FNO2P/c6-10(7,8)9-5-3-1-2-4-5/h5H,1-4H2,(H2,7,8). The van der Waals surface area contributed by atoms with E-state index < -0.39 is 7.83 Å². The average molecular weight is 167 g/mol. The Morgan fingerprint density at radius 3 is 2.40 bits per heavy atom. The van der Waals surface area contributed by atoms with Crippen LogP contribution in [0.4, 0.5) is 4.20 Å². The summed E-state index contributed by atoms with van der Waals surface area (Å²) in [5.41, 5.74) is 4.58. The van der Waals surface area contributed by atoms with Crippen LogP contribution in [0.2, 0.25) is 0 Å². The van der Waals surface area contributed by atoms with E-state index in [-0.39, 0.29) is 6.10 Å². The molecule has 0 aromatic heterocycles. The van der Waals surface area contributed by atoms with Crippen LogP contribution in [-0.4, -0.2) is 6.10 Å². The minimum Gasteiger partial charge on any atom is -0.290 e. The highest BCUT2D eigenvalue weighted by atomic mass is 31.2. The molecule has 1 aliphatic carbocycles. The predicted octanol–water partition coefficient (Wildman–Crippen LogP) is 1.98. The van der Waals surface area contributed by atoms with Gasteiger partial charge in [0.1, 0.15) is 0 Å². The minimum atomic E-state index is -4.21. The molecular formula is C5H11FNO2P. The van der Waals surface area contributed by atoms with Crippen LogP contribution in [0.15, 0.2) is 0 Å². The van der Waals surface area contributed by atoms with Crippen LogP contribution in [0.1, 0.15) is 25.7 Å². The number of halogens is 1. The summed E-state index contributed by atoms with van der Waals surface area (Å²) in [5.74, 6) is 0. The van der Waals surface area contributed by atoms with Gasteiger partial charge >= 0.3 is 7.83 Å². The lowest BCUT2D eigenvalue weighted by Gasteiger charge is -2.09. The van der Waals surface area contributed by atoms with Crippen LogP contribution in [0.3, 0.4) is 0 Å². The molecule has 5 heteroatoms. The van der Waals surface area contributed by atoms with Crippen molar-refractivity contribution >= 4 is 7.83 Å². The Kier molecular flexibility index (Phi) is 2.45. The van der Waals surface area contributed by atoms with Crippen LogP contribution in [0.5, 0.6) is 0 Å². The van der Waals surface area contributed by atoms with E-state index in [4.69, 9.17) is 0 Å². The van der Waals surface area contributed by atoms with E-state index in [2.05, 4.69) is 10.0 Å². The van der Waals surface area contributed by atoms with Gasteiger partial charge < -0.3 is 0 Å². The van der Waals surface area contributed by atoms with Crippen LogP contribution < -0.4 is 5.50 Å². The zero-order chi connectivity index (χ0) is 7.61. The van der Waals surface area contributed by atoms with Gasteiger partial charge in [-0.2, -0.15) is 0 Å². The molecule has 1 unspecified atom stereocenters. The van der Waals surface area contributed by atoms with Crippen molar-refractivity contribution in [3.63, 3.8) is 0 Å². The lowest BCUT2D eigenvalue weighted by atomic mass is 10.3. The monoisotopic (exact) mass is 167 g/mol. The normalized spacial score (nSPS) is 26.6. The Balaban J connectivity index is 2.31. The number of hydrogen-bond acceptors (Lipinski definition) is 2. The van der Waals surface area contributed by atoms with Gasteiger partial charge in [0.2, 0.25) is 0 Å². The van der Waals surface area contributed by atoms with Gasteiger partial charge in [-0.05, 0) is 12.8 Å². The maximum atomic E-state index is 12.2. The molecule has 1 aliphatic rings. The van der Waals surface area contributed by atoms with E-state index in [9.17, 15) is 8.76 Å². The molecular weight excluding hydrogens is 156 g/mol. The van der Waals surface area contributed by atoms with Crippen molar-refractivity contribution in [2.75, 3.05) is 0 Å². The van der Waals surface area contributed by atoms with E-state index in [0.29, 0.717) is 0 Å². The summed E-state index contributed by atoms with van der Waals surface area (Å²) >= 11 is 0. The molecule has 60 valence electrons. The third kappa shape index (κ3) is 2.78. The van der Waals surface area contributed by atoms with Crippen molar-refractivity contribution in [3.8, 4) is 0 Å². The van der Waals surface area contributed by atoms with Crippen molar-refractivity contribution in [1.82, 2.24) is 0 Å². The topological polar surface area (TPSA) is 52.3 Å². The van der Waals surface area contributed by atoms with Crippen LogP contribution in [0, 0.1) is 0 Å². The fourth-order valence-corrected chi connectivity index (χ4v) is 1.81. The van der Waals surface area contributed by atoms with Crippen molar-refractivity contribution in [2.24, 2.45) is 5.50 Å². The largest absolute Gasteiger partial charge is 0.440 e. The van der Waals surface area contributed by atoms with E-state index >= 15 is 0 Å². The quantitative estimate of drug-likeness (QED) is 0.639. The van der Waals surface area contributed by atoms with E-state index in [1.807, 2.05) is 0 Å². The van der Waals surface area contributed by atoms with Gasteiger partial charge in [-0.3, -0.25) is 4.52 Å². The first-order chi connectivity index (χ1) is 4.58. The first-order valence-corrected chi connectivity index (χ1v) is 4.93. The highest BCUT2D eigenvalue weighted by Gasteiger charge is 2.24. The summed E-state index contributed by atoms with van der Waals surface area (Å²) in [7, 11) is -4.21. The van der Waals surface area contributed by atoms with Crippen LogP contribution >= 0.6 is 7.83 Å². The zero-order valence-corrected chi connectivity index (χ0v) is 6.52. The van der Waals surface area contributed by atoms with Gasteiger partial charge in [0.05, 0.1) is 6.10 Å². The van der Waals surface area contributed by atoms with Gasteiger partial charge in [0.15, 0.2) is 0 Å². The average Bonchev–Trinajstić information content (AvgIpc) is 2.12. The molecule has 0 bridgehead atoms. The Labute approximate surface area is 59.4 Å². The molecule has 0 saturated heterocycles. The molecule has 2 N–H and O–H groups in total. The second-order valence-corrected chi connectivity index (χ2v) is 3.79. The second kappa shape index (κ2) is 2.99. The summed E-state index contributed by atoms with van der Waals surface area (Å²) in [6.45, 7) is 0. The first kappa shape index (κ1) is 8.18. The summed E-state index contributed by atoms with van der Waals surface area (Å²) in [6.07, 6.45) is 3.40. The lowest BCUT2D eigenvalue weighted by Crippen LogP contribution is -2.07. The number of rotatable bonds is 2. The van der Waals surface area contributed by atoms with Crippen molar-refractivity contribution in [2.45, 2.75) is 31.8 Å². The Hall–Kier alpha value is 0.0800. The molecule has 0 radical (unpaired) electrons. The molecule has 10 heavy (non-hydrogen) atoms. The molecule has 1 rings (SSSR count). The molecule has 0 aliphatic heterocycles. The Morgan fingerprint density at radius 2 is 2.00 bits per heavy atom. The summed E-state index contributed by atoms with van der Waals surface area (Å²) in [4.78, 5) is 0. The molecule has 0 aromatic rings. The van der Waals surface area contributed by atoms with Gasteiger partial charge in [-0.1, -0.05) is 12.8 Å². The van der Waals surface area contributed by atoms with Gasteiger partial charge in [0, 0.05) is 0 Å². The molecule has 3 nitrogen and oxygen atoms in total.